The SMILES string of the molecule is CCN(CCCBr)C(=O)c1ccc(Br)cc1O. The summed E-state index contributed by atoms with van der Waals surface area (Å²) in [4.78, 5) is 13.9. The Bertz CT molecular complexity index is 396. The van der Waals surface area contributed by atoms with Crippen molar-refractivity contribution in [2.75, 3.05) is 18.4 Å². The molecule has 1 rings (SSSR count). The van der Waals surface area contributed by atoms with Crippen LogP contribution in [0.4, 0.5) is 0 Å². The van der Waals surface area contributed by atoms with Gasteiger partial charge in [-0.3, -0.25) is 4.79 Å². The van der Waals surface area contributed by atoms with Gasteiger partial charge in [-0.15, -0.1) is 0 Å². The van der Waals surface area contributed by atoms with Crippen LogP contribution in [0.2, 0.25) is 0 Å². The van der Waals surface area contributed by atoms with Gasteiger partial charge in [0.25, 0.3) is 5.91 Å². The fourth-order valence-corrected chi connectivity index (χ4v) is 2.11. The predicted molar refractivity (Wildman–Crippen MR) is 75.8 cm³/mol. The van der Waals surface area contributed by atoms with Gasteiger partial charge in [0, 0.05) is 22.9 Å². The zero-order valence-electron chi connectivity index (χ0n) is 9.62. The molecular weight excluding hydrogens is 350 g/mol. The second-order valence-electron chi connectivity index (χ2n) is 3.59. The molecule has 0 radical (unpaired) electrons. The number of rotatable bonds is 5. The van der Waals surface area contributed by atoms with Gasteiger partial charge in [0.15, 0.2) is 0 Å². The van der Waals surface area contributed by atoms with Crippen LogP contribution >= 0.6 is 31.9 Å². The van der Waals surface area contributed by atoms with Crippen LogP contribution < -0.4 is 0 Å². The minimum absolute atomic E-state index is 0.0154. The maximum absolute atomic E-state index is 12.1. The lowest BCUT2D eigenvalue weighted by Gasteiger charge is -2.21. The lowest BCUT2D eigenvalue weighted by atomic mass is 10.1. The van der Waals surface area contributed by atoms with E-state index in [0.29, 0.717) is 18.7 Å². The van der Waals surface area contributed by atoms with Crippen LogP contribution in [0.1, 0.15) is 23.7 Å². The Labute approximate surface area is 118 Å². The number of nitrogens with zero attached hydrogens (tertiary/aromatic N) is 1. The number of aromatic hydroxyl groups is 1. The van der Waals surface area contributed by atoms with Crippen molar-refractivity contribution in [2.24, 2.45) is 0 Å². The zero-order valence-corrected chi connectivity index (χ0v) is 12.8. The summed E-state index contributed by atoms with van der Waals surface area (Å²) in [6.07, 6.45) is 0.900. The van der Waals surface area contributed by atoms with Crippen molar-refractivity contribution in [1.29, 1.82) is 0 Å². The molecule has 0 fully saturated rings. The van der Waals surface area contributed by atoms with Crippen LogP contribution in [0, 0.1) is 0 Å². The minimum atomic E-state index is -0.126. The molecule has 1 aromatic rings. The van der Waals surface area contributed by atoms with Crippen molar-refractivity contribution in [1.82, 2.24) is 4.90 Å². The van der Waals surface area contributed by atoms with Crippen molar-refractivity contribution in [3.8, 4) is 5.75 Å². The number of hydrogen-bond donors (Lipinski definition) is 1. The van der Waals surface area contributed by atoms with E-state index < -0.39 is 0 Å². The smallest absolute Gasteiger partial charge is 0.257 e. The van der Waals surface area contributed by atoms with Crippen molar-refractivity contribution >= 4 is 37.8 Å². The summed E-state index contributed by atoms with van der Waals surface area (Å²) in [5.41, 5.74) is 0.352. The average Bonchev–Trinajstić information content (AvgIpc) is 2.29. The molecule has 0 atom stereocenters. The first-order chi connectivity index (χ1) is 8.10. The first-order valence-corrected chi connectivity index (χ1v) is 7.35. The number of carbonyl (C=O) groups is 1. The van der Waals surface area contributed by atoms with Gasteiger partial charge >= 0.3 is 0 Å². The molecule has 0 saturated heterocycles. The molecule has 17 heavy (non-hydrogen) atoms. The number of phenolic OH excluding ortho intramolecular Hbond substituents is 1. The highest BCUT2D eigenvalue weighted by Crippen LogP contribution is 2.23. The topological polar surface area (TPSA) is 40.5 Å². The Hall–Kier alpha value is -0.550. The van der Waals surface area contributed by atoms with Gasteiger partial charge in [-0.2, -0.15) is 0 Å². The summed E-state index contributed by atoms with van der Waals surface area (Å²) in [6, 6.07) is 4.93. The molecular formula is C12H15Br2NO2. The second-order valence-corrected chi connectivity index (χ2v) is 5.30. The number of phenols is 1. The Morgan fingerprint density at radius 2 is 2.18 bits per heavy atom. The van der Waals surface area contributed by atoms with E-state index in [1.165, 1.54) is 6.07 Å². The maximum atomic E-state index is 12.1. The lowest BCUT2D eigenvalue weighted by Crippen LogP contribution is -2.32. The molecule has 3 nitrogen and oxygen atoms in total. The van der Waals surface area contributed by atoms with Crippen LogP contribution in [-0.4, -0.2) is 34.3 Å². The van der Waals surface area contributed by atoms with Crippen molar-refractivity contribution in [2.45, 2.75) is 13.3 Å². The van der Waals surface area contributed by atoms with E-state index in [2.05, 4.69) is 31.9 Å². The number of carbonyl (C=O) groups excluding carboxylic acids is 1. The highest BCUT2D eigenvalue weighted by molar-refractivity contribution is 9.10. The van der Waals surface area contributed by atoms with Gasteiger partial charge in [0.2, 0.25) is 0 Å². The standard InChI is InChI=1S/C12H15Br2NO2/c1-2-15(7-3-6-13)12(17)10-5-4-9(14)8-11(10)16/h4-5,8,16H,2-3,6-7H2,1H3. The first kappa shape index (κ1) is 14.5. The Kier molecular flexibility index (Phi) is 5.98. The monoisotopic (exact) mass is 363 g/mol. The van der Waals surface area contributed by atoms with Gasteiger partial charge in [-0.25, -0.2) is 0 Å². The van der Waals surface area contributed by atoms with Crippen LogP contribution in [-0.2, 0) is 0 Å². The third-order valence-corrected chi connectivity index (χ3v) is 3.47. The van der Waals surface area contributed by atoms with Gasteiger partial charge in [-0.1, -0.05) is 31.9 Å². The fraction of sp³-hybridized carbons (Fsp3) is 0.417. The largest absolute Gasteiger partial charge is 0.507 e. The van der Waals surface area contributed by atoms with E-state index in [1.54, 1.807) is 17.0 Å². The summed E-state index contributed by atoms with van der Waals surface area (Å²) in [7, 11) is 0. The Morgan fingerprint density at radius 3 is 2.71 bits per heavy atom. The molecule has 1 aromatic carbocycles. The molecule has 5 heteroatoms. The number of halogens is 2. The third kappa shape index (κ3) is 4.00. The van der Waals surface area contributed by atoms with Crippen LogP contribution in [0.25, 0.3) is 0 Å². The molecule has 0 aliphatic heterocycles. The molecule has 0 bridgehead atoms. The lowest BCUT2D eigenvalue weighted by molar-refractivity contribution is 0.0762. The fourth-order valence-electron chi connectivity index (χ4n) is 1.51. The van der Waals surface area contributed by atoms with E-state index in [1.807, 2.05) is 6.92 Å². The highest BCUT2D eigenvalue weighted by Gasteiger charge is 2.17. The van der Waals surface area contributed by atoms with E-state index in [-0.39, 0.29) is 11.7 Å². The number of hydrogen-bond acceptors (Lipinski definition) is 2. The van der Waals surface area contributed by atoms with Gasteiger partial charge in [0.05, 0.1) is 5.56 Å². The van der Waals surface area contributed by atoms with Crippen LogP contribution in [0.3, 0.4) is 0 Å². The molecule has 0 spiro atoms. The number of amides is 1. The van der Waals surface area contributed by atoms with E-state index in [9.17, 15) is 9.90 Å². The number of benzene rings is 1. The second kappa shape index (κ2) is 7.01. The van der Waals surface area contributed by atoms with E-state index >= 15 is 0 Å². The van der Waals surface area contributed by atoms with Crippen molar-refractivity contribution < 1.29 is 9.90 Å². The highest BCUT2D eigenvalue weighted by atomic mass is 79.9. The van der Waals surface area contributed by atoms with E-state index in [0.717, 1.165) is 16.2 Å². The molecule has 0 heterocycles. The van der Waals surface area contributed by atoms with Crippen LogP contribution in [0.5, 0.6) is 5.75 Å². The maximum Gasteiger partial charge on any atom is 0.257 e. The summed E-state index contributed by atoms with van der Waals surface area (Å²) in [6.45, 7) is 3.26. The predicted octanol–water partition coefficient (Wildman–Crippen LogP) is 3.40. The molecule has 0 aromatic heterocycles. The van der Waals surface area contributed by atoms with Gasteiger partial charge in [-0.05, 0) is 31.5 Å². The molecule has 0 aliphatic rings. The summed E-state index contributed by atoms with van der Waals surface area (Å²) >= 11 is 6.59. The Balaban J connectivity index is 2.86. The van der Waals surface area contributed by atoms with Crippen molar-refractivity contribution in [3.05, 3.63) is 28.2 Å². The Morgan fingerprint density at radius 1 is 1.47 bits per heavy atom. The molecule has 1 N–H and O–H groups in total. The van der Waals surface area contributed by atoms with E-state index in [4.69, 9.17) is 0 Å². The normalized spacial score (nSPS) is 10.3. The minimum Gasteiger partial charge on any atom is -0.507 e. The third-order valence-electron chi connectivity index (χ3n) is 2.42. The summed E-state index contributed by atoms with van der Waals surface area (Å²) < 4.78 is 0.759. The zero-order chi connectivity index (χ0) is 12.8. The molecule has 1 amide bonds. The first-order valence-electron chi connectivity index (χ1n) is 5.44. The molecule has 0 aliphatic carbocycles. The quantitative estimate of drug-likeness (QED) is 0.813. The average molecular weight is 365 g/mol. The summed E-state index contributed by atoms with van der Waals surface area (Å²) in [5.74, 6) is -0.111. The van der Waals surface area contributed by atoms with Crippen molar-refractivity contribution in [3.63, 3.8) is 0 Å². The molecule has 94 valence electrons. The number of alkyl halides is 1. The van der Waals surface area contributed by atoms with Gasteiger partial charge in [0.1, 0.15) is 5.75 Å². The summed E-state index contributed by atoms with van der Waals surface area (Å²) in [5, 5.41) is 10.6. The molecule has 0 saturated carbocycles. The molecule has 0 unspecified atom stereocenters. The van der Waals surface area contributed by atoms with Crippen LogP contribution in [0.15, 0.2) is 22.7 Å². The van der Waals surface area contributed by atoms with Gasteiger partial charge < -0.3 is 10.0 Å².